The van der Waals surface area contributed by atoms with E-state index in [1.165, 1.54) is 186 Å². The number of carbonyl (C=O) groups excluding carboxylic acids is 1. The van der Waals surface area contributed by atoms with E-state index in [4.69, 9.17) is 9.47 Å². The van der Waals surface area contributed by atoms with E-state index in [2.05, 4.69) is 43.5 Å². The molecule has 1 aliphatic rings. The number of aliphatic hydroxyl groups is 5. The van der Waals surface area contributed by atoms with Crippen LogP contribution in [0, 0.1) is 0 Å². The van der Waals surface area contributed by atoms with Crippen molar-refractivity contribution >= 4 is 5.91 Å². The smallest absolute Gasteiger partial charge is 0.220 e. The summed E-state index contributed by atoms with van der Waals surface area (Å²) in [6, 6.07) is -0.812. The second-order valence-electron chi connectivity index (χ2n) is 20.1. The first-order valence-corrected chi connectivity index (χ1v) is 28.7. The molecule has 1 rings (SSSR count). The lowest BCUT2D eigenvalue weighted by Crippen LogP contribution is -2.60. The first kappa shape index (κ1) is 63.4. The molecule has 0 spiro atoms. The van der Waals surface area contributed by atoms with Crippen molar-refractivity contribution in [2.45, 2.75) is 314 Å². The molecular formula is C58H109NO8. The molecule has 1 aliphatic heterocycles. The summed E-state index contributed by atoms with van der Waals surface area (Å²) in [5.41, 5.74) is 0. The monoisotopic (exact) mass is 948 g/mol. The van der Waals surface area contributed by atoms with E-state index in [1.807, 2.05) is 6.08 Å². The first-order valence-electron chi connectivity index (χ1n) is 28.7. The van der Waals surface area contributed by atoms with Crippen LogP contribution in [0.4, 0.5) is 0 Å². The summed E-state index contributed by atoms with van der Waals surface area (Å²) in [6.45, 7) is 3.76. The van der Waals surface area contributed by atoms with Crippen molar-refractivity contribution in [1.29, 1.82) is 0 Å². The molecule has 0 aromatic rings. The summed E-state index contributed by atoms with van der Waals surface area (Å²) >= 11 is 0. The van der Waals surface area contributed by atoms with Gasteiger partial charge in [-0.1, -0.05) is 249 Å². The van der Waals surface area contributed by atoms with E-state index in [0.29, 0.717) is 6.42 Å². The molecule has 1 fully saturated rings. The molecule has 9 nitrogen and oxygen atoms in total. The van der Waals surface area contributed by atoms with Crippen LogP contribution in [-0.4, -0.2) is 87.5 Å². The number of rotatable bonds is 49. The van der Waals surface area contributed by atoms with Crippen LogP contribution in [0.3, 0.4) is 0 Å². The quantitative estimate of drug-likeness (QED) is 0.0261. The number of hydrogen-bond acceptors (Lipinski definition) is 8. The van der Waals surface area contributed by atoms with Crippen LogP contribution in [0.2, 0.25) is 0 Å². The zero-order valence-electron chi connectivity index (χ0n) is 43.7. The van der Waals surface area contributed by atoms with Gasteiger partial charge in [-0.15, -0.1) is 0 Å². The molecule has 0 bridgehead atoms. The van der Waals surface area contributed by atoms with Crippen molar-refractivity contribution in [3.05, 3.63) is 36.5 Å². The van der Waals surface area contributed by atoms with E-state index in [1.54, 1.807) is 6.08 Å². The molecule has 0 saturated carbocycles. The third-order valence-corrected chi connectivity index (χ3v) is 13.7. The molecule has 7 unspecified atom stereocenters. The first-order chi connectivity index (χ1) is 32.8. The van der Waals surface area contributed by atoms with Gasteiger partial charge in [0.2, 0.25) is 5.91 Å². The molecule has 1 saturated heterocycles. The number of amides is 1. The van der Waals surface area contributed by atoms with Crippen molar-refractivity contribution < 1.29 is 39.8 Å². The largest absolute Gasteiger partial charge is 0.394 e. The Labute approximate surface area is 412 Å². The van der Waals surface area contributed by atoms with Crippen LogP contribution >= 0.6 is 0 Å². The van der Waals surface area contributed by atoms with Gasteiger partial charge in [0.25, 0.3) is 0 Å². The molecule has 1 heterocycles. The maximum atomic E-state index is 13.0. The molecule has 7 atom stereocenters. The van der Waals surface area contributed by atoms with Gasteiger partial charge in [0.15, 0.2) is 6.29 Å². The van der Waals surface area contributed by atoms with Gasteiger partial charge in [-0.25, -0.2) is 0 Å². The zero-order valence-corrected chi connectivity index (χ0v) is 43.7. The van der Waals surface area contributed by atoms with Crippen molar-refractivity contribution in [3.63, 3.8) is 0 Å². The molecule has 1 amide bonds. The van der Waals surface area contributed by atoms with Gasteiger partial charge < -0.3 is 40.3 Å². The van der Waals surface area contributed by atoms with Crippen molar-refractivity contribution in [2.75, 3.05) is 13.2 Å². The topological polar surface area (TPSA) is 149 Å². The van der Waals surface area contributed by atoms with Crippen LogP contribution in [-0.2, 0) is 14.3 Å². The molecule has 9 heteroatoms. The van der Waals surface area contributed by atoms with E-state index in [-0.39, 0.29) is 12.5 Å². The number of carbonyl (C=O) groups is 1. The third kappa shape index (κ3) is 37.9. The molecule has 0 aliphatic carbocycles. The van der Waals surface area contributed by atoms with Gasteiger partial charge >= 0.3 is 0 Å². The van der Waals surface area contributed by atoms with E-state index >= 15 is 0 Å². The highest BCUT2D eigenvalue weighted by atomic mass is 16.7. The number of ether oxygens (including phenoxy) is 2. The van der Waals surface area contributed by atoms with Crippen molar-refractivity contribution in [2.24, 2.45) is 0 Å². The maximum Gasteiger partial charge on any atom is 0.220 e. The molecule has 394 valence electrons. The second kappa shape index (κ2) is 48.1. The number of allylic oxidation sites excluding steroid dienone is 5. The predicted molar refractivity (Wildman–Crippen MR) is 281 cm³/mol. The fourth-order valence-electron chi connectivity index (χ4n) is 9.13. The average Bonchev–Trinajstić information content (AvgIpc) is 3.33. The Bertz CT molecular complexity index is 1150. The van der Waals surface area contributed by atoms with E-state index in [0.717, 1.165) is 64.2 Å². The highest BCUT2D eigenvalue weighted by Crippen LogP contribution is 2.23. The Balaban J connectivity index is 2.19. The summed E-state index contributed by atoms with van der Waals surface area (Å²) in [5, 5.41) is 54.4. The summed E-state index contributed by atoms with van der Waals surface area (Å²) in [5.74, 6) is -0.189. The van der Waals surface area contributed by atoms with Gasteiger partial charge in [0.05, 0.1) is 25.4 Å². The Hall–Kier alpha value is -1.59. The average molecular weight is 949 g/mol. The van der Waals surface area contributed by atoms with Gasteiger partial charge in [-0.3, -0.25) is 4.79 Å². The Morgan fingerprint density at radius 2 is 0.881 bits per heavy atom. The third-order valence-electron chi connectivity index (χ3n) is 13.7. The molecule has 0 radical (unpaired) electrons. The Morgan fingerprint density at radius 1 is 0.507 bits per heavy atom. The lowest BCUT2D eigenvalue weighted by atomic mass is 9.99. The summed E-state index contributed by atoms with van der Waals surface area (Å²) in [7, 11) is 0. The highest BCUT2D eigenvalue weighted by molar-refractivity contribution is 5.76. The molecule has 67 heavy (non-hydrogen) atoms. The van der Waals surface area contributed by atoms with Gasteiger partial charge in [-0.05, 0) is 51.4 Å². The van der Waals surface area contributed by atoms with Gasteiger partial charge in [-0.2, -0.15) is 0 Å². The minimum atomic E-state index is -1.57. The maximum absolute atomic E-state index is 13.0. The molecular weight excluding hydrogens is 839 g/mol. The van der Waals surface area contributed by atoms with Crippen LogP contribution in [0.5, 0.6) is 0 Å². The van der Waals surface area contributed by atoms with Crippen molar-refractivity contribution in [3.8, 4) is 0 Å². The lowest BCUT2D eigenvalue weighted by molar-refractivity contribution is -0.302. The summed E-state index contributed by atoms with van der Waals surface area (Å²) < 4.78 is 11.3. The normalized spacial score (nSPS) is 19.9. The molecule has 6 N–H and O–H groups in total. The number of aliphatic hydroxyl groups excluding tert-OH is 5. The fraction of sp³-hybridized carbons (Fsp3) is 0.879. The van der Waals surface area contributed by atoms with Crippen LogP contribution in [0.15, 0.2) is 36.5 Å². The SMILES string of the molecule is CCCCC/C=C\C/C=C\CCCCCCCC(=O)NC(COC1OC(CO)C(O)C(O)C1O)C(O)/C=C/CCCCCCCCCCCCCCCCCCCCCCCCCCCCC. The summed E-state index contributed by atoms with van der Waals surface area (Å²) in [6.07, 6.45) is 55.0. The van der Waals surface area contributed by atoms with E-state index < -0.39 is 49.5 Å². The molecule has 0 aromatic carbocycles. The zero-order chi connectivity index (χ0) is 48.7. The number of unbranched alkanes of at least 4 members (excludes halogenated alkanes) is 35. The second-order valence-corrected chi connectivity index (χ2v) is 20.1. The predicted octanol–water partition coefficient (Wildman–Crippen LogP) is 14.0. The highest BCUT2D eigenvalue weighted by Gasteiger charge is 2.44. The van der Waals surface area contributed by atoms with Gasteiger partial charge in [0.1, 0.15) is 24.4 Å². The Morgan fingerprint density at radius 3 is 1.31 bits per heavy atom. The van der Waals surface area contributed by atoms with Gasteiger partial charge in [0, 0.05) is 6.42 Å². The van der Waals surface area contributed by atoms with Crippen LogP contribution in [0.1, 0.15) is 271 Å². The lowest BCUT2D eigenvalue weighted by Gasteiger charge is -2.40. The number of hydrogen-bond donors (Lipinski definition) is 6. The number of nitrogens with one attached hydrogen (secondary N) is 1. The fourth-order valence-corrected chi connectivity index (χ4v) is 9.13. The minimum Gasteiger partial charge on any atom is -0.394 e. The van der Waals surface area contributed by atoms with Crippen LogP contribution < -0.4 is 5.32 Å². The Kier molecular flexibility index (Phi) is 45.5. The molecule has 0 aromatic heterocycles. The summed E-state index contributed by atoms with van der Waals surface area (Å²) in [4.78, 5) is 13.0. The van der Waals surface area contributed by atoms with E-state index in [9.17, 15) is 30.3 Å². The standard InChI is InChI=1S/C58H109NO8/c1-3-5-7-9-11-13-15-17-19-20-21-22-23-24-25-26-27-28-29-30-31-32-34-35-37-39-41-43-45-47-52(61)51(50-66-58-57(65)56(64)55(63)53(49-60)67-58)59-54(62)48-46-44-42-40-38-36-33-18-16-14-12-10-8-6-4-2/h12,14,18,33,45,47,51-53,55-58,60-61,63-65H,3-11,13,15-17,19-32,34-44,46,48-50H2,1-2H3,(H,59,62)/b14-12-,33-18-,47-45+. The van der Waals surface area contributed by atoms with Crippen molar-refractivity contribution in [1.82, 2.24) is 5.32 Å². The van der Waals surface area contributed by atoms with Crippen LogP contribution in [0.25, 0.3) is 0 Å². The minimum absolute atomic E-state index is 0.189.